The van der Waals surface area contributed by atoms with Crippen LogP contribution in [0.15, 0.2) is 18.6 Å². The van der Waals surface area contributed by atoms with Gasteiger partial charge in [-0.2, -0.15) is 5.10 Å². The fourth-order valence-corrected chi connectivity index (χ4v) is 3.66. The van der Waals surface area contributed by atoms with Crippen LogP contribution in [0.3, 0.4) is 0 Å². The van der Waals surface area contributed by atoms with Crippen molar-refractivity contribution in [3.63, 3.8) is 0 Å². The van der Waals surface area contributed by atoms with Crippen molar-refractivity contribution >= 4 is 11.3 Å². The van der Waals surface area contributed by atoms with Gasteiger partial charge in [-0.05, 0) is 49.3 Å². The van der Waals surface area contributed by atoms with E-state index in [-0.39, 0.29) is 0 Å². The van der Waals surface area contributed by atoms with Gasteiger partial charge in [-0.3, -0.25) is 0 Å². The van der Waals surface area contributed by atoms with Crippen molar-refractivity contribution in [2.45, 2.75) is 31.2 Å². The molecule has 3 aliphatic rings. The molecule has 0 amide bonds. The highest BCUT2D eigenvalue weighted by atomic mass is 15.2. The van der Waals surface area contributed by atoms with Crippen molar-refractivity contribution in [1.29, 1.82) is 0 Å². The minimum atomic E-state index is 0.597. The number of nitrogens with two attached hydrogens (primary N) is 1. The Morgan fingerprint density at radius 1 is 1.39 bits per heavy atom. The molecule has 2 aromatic heterocycles. The second kappa shape index (κ2) is 3.68. The highest BCUT2D eigenvalue weighted by Crippen LogP contribution is 2.43. The number of hydrogen-bond acceptors (Lipinski definition) is 4. The van der Waals surface area contributed by atoms with Crippen LogP contribution < -0.4 is 11.1 Å². The van der Waals surface area contributed by atoms with E-state index in [0.29, 0.717) is 17.8 Å². The molecule has 2 bridgehead atoms. The molecule has 2 saturated heterocycles. The maximum atomic E-state index is 6.02. The van der Waals surface area contributed by atoms with Crippen LogP contribution in [0, 0.1) is 5.92 Å². The number of aromatic nitrogens is 3. The van der Waals surface area contributed by atoms with Crippen molar-refractivity contribution in [2.24, 2.45) is 5.92 Å². The van der Waals surface area contributed by atoms with Crippen LogP contribution in [-0.2, 0) is 0 Å². The van der Waals surface area contributed by atoms with E-state index >= 15 is 0 Å². The highest BCUT2D eigenvalue weighted by molar-refractivity contribution is 5.70. The van der Waals surface area contributed by atoms with Crippen LogP contribution in [0.1, 0.15) is 30.7 Å². The zero-order valence-electron chi connectivity index (χ0n) is 10.2. The first-order valence-corrected chi connectivity index (χ1v) is 6.64. The SMILES string of the molecule is Nc1ncnn2ccc(C3CC4CCC3CN4)c12. The van der Waals surface area contributed by atoms with Crippen LogP contribution in [-0.4, -0.2) is 27.2 Å². The molecule has 2 aliphatic heterocycles. The van der Waals surface area contributed by atoms with Gasteiger partial charge in [0.15, 0.2) is 5.82 Å². The third kappa shape index (κ3) is 1.37. The Bertz CT molecular complexity index is 582. The Morgan fingerprint density at radius 3 is 3.06 bits per heavy atom. The van der Waals surface area contributed by atoms with Crippen molar-refractivity contribution < 1.29 is 0 Å². The van der Waals surface area contributed by atoms with Gasteiger partial charge in [-0.1, -0.05) is 0 Å². The zero-order valence-corrected chi connectivity index (χ0v) is 10.2. The van der Waals surface area contributed by atoms with Crippen LogP contribution in [0.25, 0.3) is 5.52 Å². The average molecular weight is 243 g/mol. The van der Waals surface area contributed by atoms with E-state index in [0.717, 1.165) is 18.0 Å². The molecule has 1 saturated carbocycles. The lowest BCUT2D eigenvalue weighted by Crippen LogP contribution is -2.48. The first-order valence-electron chi connectivity index (χ1n) is 6.64. The predicted octanol–water partition coefficient (Wildman–Crippen LogP) is 1.17. The Kier molecular flexibility index (Phi) is 2.11. The summed E-state index contributed by atoms with van der Waals surface area (Å²) in [4.78, 5) is 4.13. The van der Waals surface area contributed by atoms with Gasteiger partial charge >= 0.3 is 0 Å². The Hall–Kier alpha value is -1.62. The topological polar surface area (TPSA) is 68.2 Å². The van der Waals surface area contributed by atoms with Gasteiger partial charge in [0.1, 0.15) is 11.8 Å². The number of hydrogen-bond donors (Lipinski definition) is 2. The van der Waals surface area contributed by atoms with E-state index in [9.17, 15) is 0 Å². The largest absolute Gasteiger partial charge is 0.382 e. The molecule has 5 nitrogen and oxygen atoms in total. The van der Waals surface area contributed by atoms with Gasteiger partial charge in [0.2, 0.25) is 0 Å². The molecular formula is C13H17N5. The molecule has 3 fully saturated rings. The third-order valence-electron chi connectivity index (χ3n) is 4.57. The van der Waals surface area contributed by atoms with E-state index in [1.165, 1.54) is 31.2 Å². The summed E-state index contributed by atoms with van der Waals surface area (Å²) < 4.78 is 1.85. The monoisotopic (exact) mass is 243 g/mol. The van der Waals surface area contributed by atoms with Crippen molar-refractivity contribution in [3.8, 4) is 0 Å². The van der Waals surface area contributed by atoms with Crippen LogP contribution in [0.2, 0.25) is 0 Å². The molecule has 4 heterocycles. The van der Waals surface area contributed by atoms with Crippen LogP contribution >= 0.6 is 0 Å². The zero-order chi connectivity index (χ0) is 12.1. The second-order valence-electron chi connectivity index (χ2n) is 5.49. The minimum Gasteiger partial charge on any atom is -0.382 e. The van der Waals surface area contributed by atoms with Crippen LogP contribution in [0.4, 0.5) is 5.82 Å². The number of nitrogens with one attached hydrogen (secondary N) is 1. The number of nitrogen functional groups attached to an aromatic ring is 1. The van der Waals surface area contributed by atoms with Gasteiger partial charge in [-0.15, -0.1) is 0 Å². The Morgan fingerprint density at radius 2 is 2.33 bits per heavy atom. The van der Waals surface area contributed by atoms with E-state index in [4.69, 9.17) is 5.73 Å². The summed E-state index contributed by atoms with van der Waals surface area (Å²) in [6.07, 6.45) is 7.38. The lowest BCUT2D eigenvalue weighted by atomic mass is 9.70. The number of fused-ring (bicyclic) bond motifs is 4. The Balaban J connectivity index is 1.83. The summed E-state index contributed by atoms with van der Waals surface area (Å²) in [7, 11) is 0. The van der Waals surface area contributed by atoms with E-state index in [2.05, 4.69) is 21.5 Å². The van der Waals surface area contributed by atoms with E-state index in [1.54, 1.807) is 0 Å². The van der Waals surface area contributed by atoms with E-state index in [1.807, 2.05) is 10.7 Å². The van der Waals surface area contributed by atoms with Gasteiger partial charge in [-0.25, -0.2) is 9.50 Å². The molecule has 0 radical (unpaired) electrons. The molecule has 1 aliphatic carbocycles. The van der Waals surface area contributed by atoms with Gasteiger partial charge in [0.05, 0.1) is 0 Å². The third-order valence-corrected chi connectivity index (χ3v) is 4.57. The molecule has 2 aromatic rings. The predicted molar refractivity (Wildman–Crippen MR) is 69.3 cm³/mol. The summed E-state index contributed by atoms with van der Waals surface area (Å²) in [6, 6.07) is 2.85. The lowest BCUT2D eigenvalue weighted by Gasteiger charge is -2.43. The van der Waals surface area contributed by atoms with Crippen molar-refractivity contribution in [1.82, 2.24) is 19.9 Å². The summed E-state index contributed by atoms with van der Waals surface area (Å²) in [5.74, 6) is 1.95. The quantitative estimate of drug-likeness (QED) is 0.789. The molecular weight excluding hydrogens is 226 g/mol. The molecule has 5 heteroatoms. The maximum absolute atomic E-state index is 6.02. The number of anilines is 1. The van der Waals surface area contributed by atoms with Crippen molar-refractivity contribution in [3.05, 3.63) is 24.2 Å². The molecule has 94 valence electrons. The Labute approximate surface area is 105 Å². The lowest BCUT2D eigenvalue weighted by molar-refractivity contribution is 0.181. The van der Waals surface area contributed by atoms with Crippen molar-refractivity contribution in [2.75, 3.05) is 12.3 Å². The molecule has 3 unspecified atom stereocenters. The van der Waals surface area contributed by atoms with Gasteiger partial charge < -0.3 is 11.1 Å². The molecule has 0 aromatic carbocycles. The van der Waals surface area contributed by atoms with Crippen LogP contribution in [0.5, 0.6) is 0 Å². The average Bonchev–Trinajstić information content (AvgIpc) is 2.85. The summed E-state index contributed by atoms with van der Waals surface area (Å²) in [5, 5.41) is 7.83. The molecule has 18 heavy (non-hydrogen) atoms. The second-order valence-corrected chi connectivity index (χ2v) is 5.49. The molecule has 3 N–H and O–H groups in total. The maximum Gasteiger partial charge on any atom is 0.151 e. The molecule has 0 spiro atoms. The smallest absolute Gasteiger partial charge is 0.151 e. The number of nitrogens with zero attached hydrogens (tertiary/aromatic N) is 3. The summed E-state index contributed by atoms with van der Waals surface area (Å²) >= 11 is 0. The molecule has 3 atom stereocenters. The summed E-state index contributed by atoms with van der Waals surface area (Å²) in [5.41, 5.74) is 8.37. The molecule has 5 rings (SSSR count). The minimum absolute atomic E-state index is 0.597. The van der Waals surface area contributed by atoms with Gasteiger partial charge in [0.25, 0.3) is 0 Å². The first kappa shape index (κ1) is 10.3. The number of piperidine rings is 2. The fourth-order valence-electron chi connectivity index (χ4n) is 3.66. The summed E-state index contributed by atoms with van der Waals surface area (Å²) in [6.45, 7) is 1.14. The van der Waals surface area contributed by atoms with Gasteiger partial charge in [0, 0.05) is 12.2 Å². The number of rotatable bonds is 1. The normalized spacial score (nSPS) is 31.0. The fraction of sp³-hybridized carbons (Fsp3) is 0.538. The standard InChI is InChI=1S/C13H17N5/c14-13-12-10(3-4-18(12)17-7-16-13)11-5-9-2-1-8(11)6-15-9/h3-4,7-9,11,15H,1-2,5-6H2,(H2,14,16,17). The first-order chi connectivity index (χ1) is 8.83. The highest BCUT2D eigenvalue weighted by Gasteiger charge is 2.37. The van der Waals surface area contributed by atoms with E-state index < -0.39 is 0 Å².